The van der Waals surface area contributed by atoms with Crippen molar-refractivity contribution >= 4 is 69.5 Å². The number of nitrogen functional groups attached to an aromatic ring is 2. The van der Waals surface area contributed by atoms with Crippen molar-refractivity contribution in [2.24, 2.45) is 11.5 Å². The molecule has 0 spiro atoms. The molecule has 0 aliphatic rings. The molecule has 4 aromatic rings. The Hall–Kier alpha value is -5.92. The number of nitrogens with one attached hydrogen (secondary N) is 4. The van der Waals surface area contributed by atoms with E-state index in [1.165, 1.54) is 13.8 Å². The summed E-state index contributed by atoms with van der Waals surface area (Å²) in [4.78, 5) is 39.3. The number of carbonyl (C=O) groups excluding carboxylic acids is 2. The van der Waals surface area contributed by atoms with E-state index in [1.54, 1.807) is 24.3 Å². The lowest BCUT2D eigenvalue weighted by Crippen LogP contribution is -2.26. The van der Waals surface area contributed by atoms with Gasteiger partial charge < -0.3 is 41.1 Å². The first-order valence-electron chi connectivity index (χ1n) is 12.1. The molecular weight excluding hydrogens is 548 g/mol. The fourth-order valence-corrected chi connectivity index (χ4v) is 3.19. The first-order valence-corrected chi connectivity index (χ1v) is 12.1. The van der Waals surface area contributed by atoms with Crippen molar-refractivity contribution in [2.75, 3.05) is 13.1 Å². The summed E-state index contributed by atoms with van der Waals surface area (Å²) in [6.07, 6.45) is 3.63. The van der Waals surface area contributed by atoms with Gasteiger partial charge in [-0.15, -0.1) is 0 Å². The minimum atomic E-state index is -1.03. The summed E-state index contributed by atoms with van der Waals surface area (Å²) in [5, 5.41) is 36.9. The maximum atomic E-state index is 9.97. The van der Waals surface area contributed by atoms with Gasteiger partial charge in [0.1, 0.15) is 47.4 Å². The Morgan fingerprint density at radius 3 is 1.33 bits per heavy atom. The normalized spacial score (nSPS) is 10.2. The van der Waals surface area contributed by atoms with E-state index < -0.39 is 11.9 Å². The highest BCUT2D eigenvalue weighted by atomic mass is 16.4. The third-order valence-electron chi connectivity index (χ3n) is 5.08. The van der Waals surface area contributed by atoms with Crippen LogP contribution in [-0.2, 0) is 19.2 Å². The number of amidine groups is 2. The molecule has 0 atom stereocenters. The summed E-state index contributed by atoms with van der Waals surface area (Å²) in [5.41, 5.74) is 13.8. The highest BCUT2D eigenvalue weighted by Gasteiger charge is 2.06. The lowest BCUT2D eigenvalue weighted by molar-refractivity contribution is -0.138. The maximum absolute atomic E-state index is 9.97. The molecule has 0 aliphatic heterocycles. The van der Waals surface area contributed by atoms with E-state index in [0.717, 1.165) is 21.9 Å². The van der Waals surface area contributed by atoms with E-state index in [1.807, 2.05) is 36.4 Å². The number of nitrogens with two attached hydrogens (primary N) is 2. The van der Waals surface area contributed by atoms with Crippen molar-refractivity contribution in [3.63, 3.8) is 0 Å². The van der Waals surface area contributed by atoms with Gasteiger partial charge in [0.15, 0.2) is 0 Å². The number of amides is 2. The molecule has 220 valence electrons. The standard InChI is InChI=1S/C20H16N4O2.2C4H7NO3/c21-19(22)11-1-5-17-13(7-11)9-15(25-17)3-4-16-10-14-8-12(20(23)24)2-6-18(14)26-16;2*1-3(6)5-2-4(7)8/h1-10H,(H3,21,22)(H3,23,24);2*2H2,1H3,(H,5,6)(H,7,8). The van der Waals surface area contributed by atoms with Crippen LogP contribution in [0, 0.1) is 10.8 Å². The molecular formula is C28H30N6O8. The van der Waals surface area contributed by atoms with Gasteiger partial charge in [-0.05, 0) is 60.7 Å². The Balaban J connectivity index is 0.000000319. The van der Waals surface area contributed by atoms with Gasteiger partial charge >= 0.3 is 11.9 Å². The number of furan rings is 2. The van der Waals surface area contributed by atoms with Crippen LogP contribution in [0.3, 0.4) is 0 Å². The van der Waals surface area contributed by atoms with Crippen LogP contribution in [0.15, 0.2) is 57.4 Å². The van der Waals surface area contributed by atoms with Crippen LogP contribution in [0.5, 0.6) is 0 Å². The molecule has 2 aromatic carbocycles. The third kappa shape index (κ3) is 10.7. The molecule has 2 amide bonds. The lowest BCUT2D eigenvalue weighted by Gasteiger charge is -1.95. The molecule has 0 saturated carbocycles. The van der Waals surface area contributed by atoms with Crippen LogP contribution in [0.4, 0.5) is 0 Å². The molecule has 10 N–H and O–H groups in total. The Morgan fingerprint density at radius 1 is 0.714 bits per heavy atom. The SMILES string of the molecule is CC(=O)NCC(=O)O.CC(=O)NCC(=O)O.N=C(N)c1ccc2oc(C=Cc3cc4cc(C(=N)N)ccc4o3)cc2c1. The Labute approximate surface area is 239 Å². The number of carbonyl (C=O) groups is 4. The van der Waals surface area contributed by atoms with Crippen molar-refractivity contribution in [3.05, 3.63) is 71.2 Å². The van der Waals surface area contributed by atoms with Crippen LogP contribution in [0.1, 0.15) is 36.5 Å². The molecule has 0 bridgehead atoms. The Kier molecular flexibility index (Phi) is 11.5. The summed E-state index contributed by atoms with van der Waals surface area (Å²) in [6.45, 7) is 1.94. The van der Waals surface area contributed by atoms with Crippen molar-refractivity contribution in [2.45, 2.75) is 13.8 Å². The molecule has 4 rings (SSSR count). The van der Waals surface area contributed by atoms with Crippen LogP contribution in [-0.4, -0.2) is 58.7 Å². The minimum Gasteiger partial charge on any atom is -0.480 e. The Bertz CT molecular complexity index is 1520. The highest BCUT2D eigenvalue weighted by Crippen LogP contribution is 2.25. The number of benzene rings is 2. The topological polar surface area (TPSA) is 259 Å². The monoisotopic (exact) mass is 578 g/mol. The number of fused-ring (bicyclic) bond motifs is 2. The predicted octanol–water partition coefficient (Wildman–Crippen LogP) is 2.33. The van der Waals surface area contributed by atoms with Gasteiger partial charge in [-0.2, -0.15) is 0 Å². The van der Waals surface area contributed by atoms with E-state index in [9.17, 15) is 19.2 Å². The maximum Gasteiger partial charge on any atom is 0.322 e. The second-order valence-electron chi connectivity index (χ2n) is 8.57. The smallest absolute Gasteiger partial charge is 0.322 e. The van der Waals surface area contributed by atoms with Crippen molar-refractivity contribution < 1.29 is 38.2 Å². The highest BCUT2D eigenvalue weighted by molar-refractivity contribution is 5.99. The van der Waals surface area contributed by atoms with Gasteiger partial charge in [-0.25, -0.2) is 0 Å². The first kappa shape index (κ1) is 32.3. The summed E-state index contributed by atoms with van der Waals surface area (Å²) < 4.78 is 11.5. The second-order valence-corrected chi connectivity index (χ2v) is 8.57. The van der Waals surface area contributed by atoms with Crippen molar-refractivity contribution in [1.82, 2.24) is 10.6 Å². The van der Waals surface area contributed by atoms with Crippen molar-refractivity contribution in [3.8, 4) is 0 Å². The second kappa shape index (κ2) is 15.0. The van der Waals surface area contributed by atoms with Crippen molar-refractivity contribution in [1.29, 1.82) is 10.8 Å². The van der Waals surface area contributed by atoms with E-state index >= 15 is 0 Å². The summed E-state index contributed by atoms with van der Waals surface area (Å²) >= 11 is 0. The fraction of sp³-hybridized carbons (Fsp3) is 0.143. The molecule has 14 heteroatoms. The molecule has 0 radical (unpaired) electrons. The van der Waals surface area contributed by atoms with Crippen LogP contribution >= 0.6 is 0 Å². The largest absolute Gasteiger partial charge is 0.480 e. The molecule has 42 heavy (non-hydrogen) atoms. The van der Waals surface area contributed by atoms with Gasteiger partial charge in [0.25, 0.3) is 0 Å². The average Bonchev–Trinajstić information content (AvgIpc) is 3.52. The number of carboxylic acid groups (broad SMARTS) is 2. The summed E-state index contributed by atoms with van der Waals surface area (Å²) in [5.74, 6) is -1.31. The molecule has 0 fully saturated rings. The van der Waals surface area contributed by atoms with E-state index in [-0.39, 0.29) is 36.6 Å². The van der Waals surface area contributed by atoms with E-state index in [0.29, 0.717) is 22.6 Å². The van der Waals surface area contributed by atoms with Gasteiger partial charge in [0.2, 0.25) is 11.8 Å². The van der Waals surface area contributed by atoms with Gasteiger partial charge in [-0.3, -0.25) is 30.0 Å². The zero-order valence-electron chi connectivity index (χ0n) is 22.7. The average molecular weight is 579 g/mol. The number of carboxylic acids is 2. The molecule has 0 unspecified atom stereocenters. The van der Waals surface area contributed by atoms with E-state index in [2.05, 4.69) is 10.6 Å². The van der Waals surface area contributed by atoms with Gasteiger partial charge in [0, 0.05) is 35.7 Å². The third-order valence-corrected chi connectivity index (χ3v) is 5.08. The summed E-state index contributed by atoms with van der Waals surface area (Å²) in [7, 11) is 0. The summed E-state index contributed by atoms with van der Waals surface area (Å²) in [6, 6.07) is 14.5. The van der Waals surface area contributed by atoms with Crippen LogP contribution in [0.2, 0.25) is 0 Å². The molecule has 14 nitrogen and oxygen atoms in total. The van der Waals surface area contributed by atoms with Gasteiger partial charge in [-0.1, -0.05) is 0 Å². The Morgan fingerprint density at radius 2 is 1.07 bits per heavy atom. The zero-order chi connectivity index (χ0) is 31.4. The number of hydrogen-bond acceptors (Lipinski definition) is 8. The first-order chi connectivity index (χ1) is 19.7. The van der Waals surface area contributed by atoms with Crippen LogP contribution in [0.25, 0.3) is 34.1 Å². The van der Waals surface area contributed by atoms with Gasteiger partial charge in [0.05, 0.1) is 0 Å². The minimum absolute atomic E-state index is 0.0254. The fourth-order valence-electron chi connectivity index (χ4n) is 3.19. The number of hydrogen-bond donors (Lipinski definition) is 8. The quantitative estimate of drug-likeness (QED) is 0.112. The van der Waals surface area contributed by atoms with E-state index in [4.69, 9.17) is 41.3 Å². The number of rotatable bonds is 8. The predicted molar refractivity (Wildman–Crippen MR) is 156 cm³/mol. The zero-order valence-corrected chi connectivity index (χ0v) is 22.7. The molecule has 2 aromatic heterocycles. The molecule has 0 saturated heterocycles. The lowest BCUT2D eigenvalue weighted by atomic mass is 10.1. The molecule has 2 heterocycles. The number of aliphatic carboxylic acids is 2. The van der Waals surface area contributed by atoms with Crippen LogP contribution < -0.4 is 22.1 Å². The molecule has 0 aliphatic carbocycles.